The van der Waals surface area contributed by atoms with Gasteiger partial charge in [0.15, 0.2) is 0 Å². The van der Waals surface area contributed by atoms with Crippen LogP contribution in [0.1, 0.15) is 11.1 Å². The van der Waals surface area contributed by atoms with Crippen molar-refractivity contribution < 1.29 is 13.2 Å². The maximum absolute atomic E-state index is 12.1. The van der Waals surface area contributed by atoms with Gasteiger partial charge in [0, 0.05) is 7.05 Å². The van der Waals surface area contributed by atoms with Crippen LogP contribution in [0, 0.1) is 0 Å². The molecule has 0 aliphatic heterocycles. The second-order valence-electron chi connectivity index (χ2n) is 2.60. The van der Waals surface area contributed by atoms with Gasteiger partial charge in [-0.2, -0.15) is 18.3 Å². The number of nitrogens with one attached hydrogen (secondary N) is 1. The molecule has 1 aromatic rings. The molecule has 0 aliphatic rings. The van der Waals surface area contributed by atoms with Gasteiger partial charge in [-0.3, -0.25) is 0 Å². The van der Waals surface area contributed by atoms with E-state index in [-0.39, 0.29) is 0 Å². The van der Waals surface area contributed by atoms with Crippen LogP contribution in [-0.4, -0.2) is 13.3 Å². The maximum atomic E-state index is 12.1. The first-order valence-corrected chi connectivity index (χ1v) is 3.91. The van der Waals surface area contributed by atoms with E-state index in [0.29, 0.717) is 5.56 Å². The van der Waals surface area contributed by atoms with E-state index in [1.165, 1.54) is 18.3 Å². The van der Waals surface area contributed by atoms with Crippen molar-refractivity contribution in [1.82, 2.24) is 5.43 Å². The van der Waals surface area contributed by atoms with Gasteiger partial charge in [0.25, 0.3) is 0 Å². The molecule has 0 spiro atoms. The molecular weight excluding hydrogens is 193 g/mol. The average Bonchev–Trinajstić information content (AvgIpc) is 2.14. The fraction of sp³-hybridized carbons (Fsp3) is 0.222. The molecule has 1 aromatic carbocycles. The Morgan fingerprint density at radius 3 is 2.21 bits per heavy atom. The normalized spacial score (nSPS) is 12.0. The van der Waals surface area contributed by atoms with Crippen molar-refractivity contribution >= 4 is 6.21 Å². The number of benzene rings is 1. The molecule has 14 heavy (non-hydrogen) atoms. The van der Waals surface area contributed by atoms with E-state index in [0.717, 1.165) is 12.1 Å². The molecule has 0 aromatic heterocycles. The summed E-state index contributed by atoms with van der Waals surface area (Å²) in [5.74, 6) is 0. The van der Waals surface area contributed by atoms with Crippen LogP contribution in [0.4, 0.5) is 13.2 Å². The fourth-order valence-electron chi connectivity index (χ4n) is 0.897. The number of hydrazone groups is 1. The number of nitrogens with zero attached hydrogens (tertiary/aromatic N) is 1. The third kappa shape index (κ3) is 2.76. The minimum Gasteiger partial charge on any atom is -0.313 e. The molecule has 0 aliphatic carbocycles. The zero-order valence-corrected chi connectivity index (χ0v) is 7.47. The van der Waals surface area contributed by atoms with Crippen LogP contribution >= 0.6 is 0 Å². The first-order chi connectivity index (χ1) is 6.54. The SMILES string of the molecule is CN/N=C/c1ccc(C(F)(F)F)cc1. The summed E-state index contributed by atoms with van der Waals surface area (Å²) in [4.78, 5) is 0. The summed E-state index contributed by atoms with van der Waals surface area (Å²) in [5.41, 5.74) is 2.47. The molecule has 5 heteroatoms. The first-order valence-electron chi connectivity index (χ1n) is 3.91. The van der Waals surface area contributed by atoms with Crippen molar-refractivity contribution in [2.75, 3.05) is 7.05 Å². The second-order valence-corrected chi connectivity index (χ2v) is 2.60. The lowest BCUT2D eigenvalue weighted by Crippen LogP contribution is -2.04. The lowest BCUT2D eigenvalue weighted by Gasteiger charge is -2.05. The fourth-order valence-corrected chi connectivity index (χ4v) is 0.897. The van der Waals surface area contributed by atoms with Crippen LogP contribution in [0.5, 0.6) is 0 Å². The third-order valence-corrected chi connectivity index (χ3v) is 1.58. The first kappa shape index (κ1) is 10.6. The highest BCUT2D eigenvalue weighted by molar-refractivity contribution is 5.79. The molecule has 2 nitrogen and oxygen atoms in total. The molecule has 0 saturated carbocycles. The Bertz CT molecular complexity index is 314. The van der Waals surface area contributed by atoms with Crippen LogP contribution in [0.25, 0.3) is 0 Å². The van der Waals surface area contributed by atoms with E-state index in [1.807, 2.05) is 0 Å². The minimum atomic E-state index is -4.28. The lowest BCUT2D eigenvalue weighted by atomic mass is 10.1. The highest BCUT2D eigenvalue weighted by Gasteiger charge is 2.29. The summed E-state index contributed by atoms with van der Waals surface area (Å²) < 4.78 is 36.4. The van der Waals surface area contributed by atoms with Gasteiger partial charge in [-0.15, -0.1) is 0 Å². The predicted octanol–water partition coefficient (Wildman–Crippen LogP) is 2.26. The Kier molecular flexibility index (Phi) is 3.11. The summed E-state index contributed by atoms with van der Waals surface area (Å²) in [6.45, 7) is 0. The topological polar surface area (TPSA) is 24.4 Å². The smallest absolute Gasteiger partial charge is 0.313 e. The van der Waals surface area contributed by atoms with Gasteiger partial charge < -0.3 is 5.43 Å². The monoisotopic (exact) mass is 202 g/mol. The number of hydrogen-bond donors (Lipinski definition) is 1. The van der Waals surface area contributed by atoms with Gasteiger partial charge in [0.1, 0.15) is 0 Å². The minimum absolute atomic E-state index is 0.618. The van der Waals surface area contributed by atoms with E-state index in [4.69, 9.17) is 0 Å². The molecular formula is C9H9F3N2. The van der Waals surface area contributed by atoms with Gasteiger partial charge in [-0.25, -0.2) is 0 Å². The van der Waals surface area contributed by atoms with E-state index in [2.05, 4.69) is 10.5 Å². The maximum Gasteiger partial charge on any atom is 0.416 e. The van der Waals surface area contributed by atoms with Gasteiger partial charge >= 0.3 is 6.18 Å². The Labute approximate surface area is 79.4 Å². The van der Waals surface area contributed by atoms with Crippen LogP contribution in [0.15, 0.2) is 29.4 Å². The number of rotatable bonds is 2. The van der Waals surface area contributed by atoms with Gasteiger partial charge in [0.05, 0.1) is 11.8 Å². The summed E-state index contributed by atoms with van der Waals surface area (Å²) >= 11 is 0. The van der Waals surface area contributed by atoms with Crippen molar-refractivity contribution in [3.63, 3.8) is 0 Å². The van der Waals surface area contributed by atoms with Crippen LogP contribution in [0.3, 0.4) is 0 Å². The average molecular weight is 202 g/mol. The molecule has 0 heterocycles. The standard InChI is InChI=1S/C9H9F3N2/c1-13-14-6-7-2-4-8(5-3-7)9(10,11)12/h2-6,13H,1H3/b14-6+. The molecule has 0 unspecified atom stereocenters. The van der Waals surface area contributed by atoms with Crippen LogP contribution in [0.2, 0.25) is 0 Å². The highest BCUT2D eigenvalue weighted by atomic mass is 19.4. The molecule has 0 atom stereocenters. The number of halogens is 3. The molecule has 0 saturated heterocycles. The van der Waals surface area contributed by atoms with E-state index in [9.17, 15) is 13.2 Å². The molecule has 0 radical (unpaired) electrons. The van der Waals surface area contributed by atoms with E-state index >= 15 is 0 Å². The summed E-state index contributed by atoms with van der Waals surface area (Å²) in [5, 5.41) is 3.68. The Morgan fingerprint density at radius 1 is 1.21 bits per heavy atom. The van der Waals surface area contributed by atoms with E-state index in [1.54, 1.807) is 7.05 Å². The predicted molar refractivity (Wildman–Crippen MR) is 48.1 cm³/mol. The zero-order valence-electron chi connectivity index (χ0n) is 7.47. The molecule has 0 bridgehead atoms. The Hall–Kier alpha value is -1.52. The molecule has 76 valence electrons. The van der Waals surface area contributed by atoms with Crippen molar-refractivity contribution in [1.29, 1.82) is 0 Å². The summed E-state index contributed by atoms with van der Waals surface area (Å²) in [6, 6.07) is 4.78. The molecule has 0 amide bonds. The van der Waals surface area contributed by atoms with Gasteiger partial charge in [-0.1, -0.05) is 12.1 Å². The Balaban J connectivity index is 2.84. The third-order valence-electron chi connectivity index (χ3n) is 1.58. The Morgan fingerprint density at radius 2 is 1.79 bits per heavy atom. The lowest BCUT2D eigenvalue weighted by molar-refractivity contribution is -0.137. The summed E-state index contributed by atoms with van der Waals surface area (Å²) in [6.07, 6.45) is -2.83. The molecule has 1 rings (SSSR count). The van der Waals surface area contributed by atoms with Crippen molar-refractivity contribution in [2.45, 2.75) is 6.18 Å². The highest BCUT2D eigenvalue weighted by Crippen LogP contribution is 2.28. The van der Waals surface area contributed by atoms with Crippen molar-refractivity contribution in [3.05, 3.63) is 35.4 Å². The number of alkyl halides is 3. The quantitative estimate of drug-likeness (QED) is 0.577. The number of hydrogen-bond acceptors (Lipinski definition) is 2. The molecule has 0 fully saturated rings. The van der Waals surface area contributed by atoms with Crippen molar-refractivity contribution in [3.8, 4) is 0 Å². The zero-order chi connectivity index (χ0) is 10.6. The molecule has 1 N–H and O–H groups in total. The largest absolute Gasteiger partial charge is 0.416 e. The van der Waals surface area contributed by atoms with E-state index < -0.39 is 11.7 Å². The second kappa shape index (κ2) is 4.13. The van der Waals surface area contributed by atoms with Crippen LogP contribution < -0.4 is 5.43 Å². The van der Waals surface area contributed by atoms with Crippen LogP contribution in [-0.2, 0) is 6.18 Å². The van der Waals surface area contributed by atoms with Gasteiger partial charge in [-0.05, 0) is 17.7 Å². The van der Waals surface area contributed by atoms with Crippen molar-refractivity contribution in [2.24, 2.45) is 5.10 Å². The van der Waals surface area contributed by atoms with Gasteiger partial charge in [0.2, 0.25) is 0 Å². The summed E-state index contributed by atoms with van der Waals surface area (Å²) in [7, 11) is 1.61.